The van der Waals surface area contributed by atoms with Crippen LogP contribution in [0.25, 0.3) is 10.1 Å². The van der Waals surface area contributed by atoms with Crippen molar-refractivity contribution in [3.05, 3.63) is 89.1 Å². The van der Waals surface area contributed by atoms with E-state index < -0.39 is 15.8 Å². The van der Waals surface area contributed by atoms with Crippen molar-refractivity contribution in [1.29, 1.82) is 0 Å². The Morgan fingerprint density at radius 2 is 1.79 bits per heavy atom. The molecule has 0 bridgehead atoms. The summed E-state index contributed by atoms with van der Waals surface area (Å²) in [6.07, 6.45) is 0.594. The van der Waals surface area contributed by atoms with E-state index in [1.165, 1.54) is 21.7 Å². The second-order valence-electron chi connectivity index (χ2n) is 7.87. The van der Waals surface area contributed by atoms with Crippen molar-refractivity contribution in [1.82, 2.24) is 0 Å². The molecule has 0 spiro atoms. The highest BCUT2D eigenvalue weighted by molar-refractivity contribution is 7.93. The van der Waals surface area contributed by atoms with Crippen molar-refractivity contribution in [3.8, 4) is 5.75 Å². The minimum Gasteiger partial charge on any atom is -0.489 e. The molecule has 0 unspecified atom stereocenters. The minimum absolute atomic E-state index is 0.0411. The van der Waals surface area contributed by atoms with Crippen molar-refractivity contribution in [2.45, 2.75) is 13.0 Å². The molecule has 1 fully saturated rings. The Labute approximate surface area is 200 Å². The Morgan fingerprint density at radius 3 is 2.50 bits per heavy atom. The van der Waals surface area contributed by atoms with Gasteiger partial charge in [0, 0.05) is 27.9 Å². The lowest BCUT2D eigenvalue weighted by Crippen LogP contribution is -2.25. The number of anilines is 2. The molecule has 6 nitrogen and oxygen atoms in total. The first-order valence-electron chi connectivity index (χ1n) is 10.7. The highest BCUT2D eigenvalue weighted by Crippen LogP contribution is 2.35. The summed E-state index contributed by atoms with van der Waals surface area (Å²) in [5.41, 5.74) is 1.56. The number of amides is 1. The Morgan fingerprint density at radius 1 is 1.03 bits per heavy atom. The molecule has 4 aromatic rings. The third-order valence-electron chi connectivity index (χ3n) is 5.61. The van der Waals surface area contributed by atoms with Crippen molar-refractivity contribution in [2.24, 2.45) is 0 Å². The first-order valence-corrected chi connectivity index (χ1v) is 13.1. The third-order valence-corrected chi connectivity index (χ3v) is 8.67. The summed E-state index contributed by atoms with van der Waals surface area (Å²) < 4.78 is 46.9. The van der Waals surface area contributed by atoms with E-state index in [-0.39, 0.29) is 18.3 Å². The largest absolute Gasteiger partial charge is 0.489 e. The van der Waals surface area contributed by atoms with Crippen LogP contribution in [-0.2, 0) is 16.6 Å². The summed E-state index contributed by atoms with van der Waals surface area (Å²) in [4.78, 5) is 13.5. The Bertz CT molecular complexity index is 1450. The topological polar surface area (TPSA) is 75.7 Å². The van der Waals surface area contributed by atoms with Gasteiger partial charge in [0.05, 0.1) is 11.4 Å². The van der Waals surface area contributed by atoms with E-state index in [0.717, 1.165) is 0 Å². The molecule has 0 aliphatic carbocycles. The van der Waals surface area contributed by atoms with Gasteiger partial charge in [-0.25, -0.2) is 12.8 Å². The molecular formula is C25H21FN2O4S2. The number of carbonyl (C=O) groups excluding carboxylic acids is 1. The van der Waals surface area contributed by atoms with E-state index in [1.807, 2.05) is 18.2 Å². The molecule has 34 heavy (non-hydrogen) atoms. The van der Waals surface area contributed by atoms with Crippen LogP contribution in [0.4, 0.5) is 15.8 Å². The Balaban J connectivity index is 1.41. The number of fused-ring (bicyclic) bond motifs is 1. The number of thiophene rings is 1. The van der Waals surface area contributed by atoms with Gasteiger partial charge in [-0.15, -0.1) is 11.3 Å². The fourth-order valence-electron chi connectivity index (χ4n) is 3.99. The average molecular weight is 497 g/mol. The van der Waals surface area contributed by atoms with Gasteiger partial charge in [-0.1, -0.05) is 24.3 Å². The van der Waals surface area contributed by atoms with Crippen molar-refractivity contribution < 1.29 is 22.3 Å². The van der Waals surface area contributed by atoms with Crippen molar-refractivity contribution in [2.75, 3.05) is 21.9 Å². The first kappa shape index (κ1) is 22.4. The first-order chi connectivity index (χ1) is 16.4. The third kappa shape index (κ3) is 4.36. The molecule has 1 aliphatic rings. The summed E-state index contributed by atoms with van der Waals surface area (Å²) >= 11 is 1.20. The Kier molecular flexibility index (Phi) is 5.97. The molecule has 1 N–H and O–H groups in total. The summed E-state index contributed by atoms with van der Waals surface area (Å²) in [7, 11) is -3.27. The fourth-order valence-corrected chi connectivity index (χ4v) is 6.67. The molecule has 1 amide bonds. The molecule has 1 aliphatic heterocycles. The van der Waals surface area contributed by atoms with Crippen LogP contribution < -0.4 is 14.4 Å². The maximum absolute atomic E-state index is 14.7. The molecule has 9 heteroatoms. The second kappa shape index (κ2) is 9.08. The van der Waals surface area contributed by atoms with Crippen LogP contribution in [-0.4, -0.2) is 26.6 Å². The highest BCUT2D eigenvalue weighted by Gasteiger charge is 2.28. The van der Waals surface area contributed by atoms with E-state index in [2.05, 4.69) is 5.32 Å². The molecule has 3 aromatic carbocycles. The monoisotopic (exact) mass is 496 g/mol. The number of hydrogen-bond donors (Lipinski definition) is 1. The number of ether oxygens (including phenoxy) is 1. The number of sulfonamides is 1. The predicted molar refractivity (Wildman–Crippen MR) is 133 cm³/mol. The number of benzene rings is 3. The average Bonchev–Trinajstić information content (AvgIpc) is 3.39. The van der Waals surface area contributed by atoms with Crippen molar-refractivity contribution in [3.63, 3.8) is 0 Å². The quantitative estimate of drug-likeness (QED) is 0.387. The lowest BCUT2D eigenvalue weighted by molar-refractivity contribution is 0.102. The van der Waals surface area contributed by atoms with E-state index in [4.69, 9.17) is 4.74 Å². The number of carbonyl (C=O) groups is 1. The SMILES string of the molecule is O=C(Nc1ccc(N2CCCS2(=O)=O)cc1)c1sc2cccc(F)c2c1COc1ccccc1. The zero-order chi connectivity index (χ0) is 23.7. The van der Waals surface area contributed by atoms with Gasteiger partial charge < -0.3 is 10.1 Å². The van der Waals surface area contributed by atoms with Crippen LogP contribution in [0.5, 0.6) is 5.75 Å². The Hall–Kier alpha value is -3.43. The molecule has 0 radical (unpaired) electrons. The van der Waals surface area contributed by atoms with E-state index in [9.17, 15) is 17.6 Å². The van der Waals surface area contributed by atoms with Crippen LogP contribution in [0.3, 0.4) is 0 Å². The number of rotatable bonds is 6. The molecular weight excluding hydrogens is 475 g/mol. The van der Waals surface area contributed by atoms with E-state index in [1.54, 1.807) is 48.5 Å². The van der Waals surface area contributed by atoms with Crippen LogP contribution >= 0.6 is 11.3 Å². The van der Waals surface area contributed by atoms with E-state index in [0.29, 0.717) is 50.6 Å². The summed E-state index contributed by atoms with van der Waals surface area (Å²) in [6, 6.07) is 20.6. The van der Waals surface area contributed by atoms with Crippen LogP contribution in [0.2, 0.25) is 0 Å². The number of para-hydroxylation sites is 1. The smallest absolute Gasteiger partial charge is 0.266 e. The standard InChI is InChI=1S/C25H21FN2O4S2/c26-21-8-4-9-22-23(21)20(16-32-19-6-2-1-3-7-19)24(33-22)25(29)27-17-10-12-18(13-11-17)28-14-5-15-34(28,30)31/h1-4,6-13H,5,14-16H2,(H,27,29). The van der Waals surface area contributed by atoms with Gasteiger partial charge in [-0.2, -0.15) is 0 Å². The van der Waals surface area contributed by atoms with Gasteiger partial charge in [-0.3, -0.25) is 9.10 Å². The predicted octanol–water partition coefficient (Wildman–Crippen LogP) is 5.41. The van der Waals surface area contributed by atoms with Crippen LogP contribution in [0.15, 0.2) is 72.8 Å². The maximum Gasteiger partial charge on any atom is 0.266 e. The molecule has 1 aromatic heterocycles. The van der Waals surface area contributed by atoms with Gasteiger partial charge in [0.25, 0.3) is 5.91 Å². The molecule has 1 saturated heterocycles. The number of halogens is 1. The van der Waals surface area contributed by atoms with Gasteiger partial charge in [0.15, 0.2) is 0 Å². The molecule has 5 rings (SSSR count). The highest BCUT2D eigenvalue weighted by atomic mass is 32.2. The second-order valence-corrected chi connectivity index (χ2v) is 10.9. The van der Waals surface area contributed by atoms with Crippen LogP contribution in [0.1, 0.15) is 21.7 Å². The maximum atomic E-state index is 14.7. The van der Waals surface area contributed by atoms with Gasteiger partial charge in [-0.05, 0) is 55.0 Å². The van der Waals surface area contributed by atoms with E-state index >= 15 is 0 Å². The zero-order valence-electron chi connectivity index (χ0n) is 18.0. The number of nitrogens with one attached hydrogen (secondary N) is 1. The summed E-state index contributed by atoms with van der Waals surface area (Å²) in [5.74, 6) is -0.0246. The zero-order valence-corrected chi connectivity index (χ0v) is 19.7. The van der Waals surface area contributed by atoms with Crippen LogP contribution in [0, 0.1) is 5.82 Å². The molecule has 0 atom stereocenters. The van der Waals surface area contributed by atoms with Gasteiger partial charge >= 0.3 is 0 Å². The number of hydrogen-bond acceptors (Lipinski definition) is 5. The lowest BCUT2D eigenvalue weighted by atomic mass is 10.1. The summed E-state index contributed by atoms with van der Waals surface area (Å²) in [5, 5.41) is 3.22. The molecule has 174 valence electrons. The molecule has 0 saturated carbocycles. The van der Waals surface area contributed by atoms with Crippen molar-refractivity contribution >= 4 is 48.7 Å². The number of nitrogens with zero attached hydrogens (tertiary/aromatic N) is 1. The summed E-state index contributed by atoms with van der Waals surface area (Å²) in [6.45, 7) is 0.492. The van der Waals surface area contributed by atoms with Gasteiger partial charge in [0.1, 0.15) is 23.1 Å². The normalized spacial score (nSPS) is 14.9. The minimum atomic E-state index is -3.27. The fraction of sp³-hybridized carbons (Fsp3) is 0.160. The van der Waals surface area contributed by atoms with Gasteiger partial charge in [0.2, 0.25) is 10.0 Å². The molecule has 2 heterocycles. The lowest BCUT2D eigenvalue weighted by Gasteiger charge is -2.17.